The molecule has 2 atom stereocenters. The number of nitriles is 1. The van der Waals surface area contributed by atoms with Gasteiger partial charge in [-0.05, 0) is 63.6 Å². The lowest BCUT2D eigenvalue weighted by Crippen LogP contribution is -2.43. The maximum Gasteiger partial charge on any atom is 0.410 e. The Morgan fingerprint density at radius 3 is 3.00 bits per heavy atom. The van der Waals surface area contributed by atoms with Crippen LogP contribution in [-0.2, 0) is 20.8 Å². The van der Waals surface area contributed by atoms with E-state index in [0.29, 0.717) is 18.0 Å². The molecule has 2 unspecified atom stereocenters. The summed E-state index contributed by atoms with van der Waals surface area (Å²) in [6.07, 6.45) is 5.08. The van der Waals surface area contributed by atoms with E-state index in [2.05, 4.69) is 15.6 Å². The summed E-state index contributed by atoms with van der Waals surface area (Å²) in [5, 5.41) is 9.20. The third-order valence-electron chi connectivity index (χ3n) is 6.48. The Kier molecular flexibility index (Phi) is 5.38. The van der Waals surface area contributed by atoms with Gasteiger partial charge in [0.15, 0.2) is 0 Å². The molecule has 4 rings (SSSR count). The highest BCUT2D eigenvalue weighted by molar-refractivity contribution is 5.78. The molecular formula is C23H28N4O4. The third-order valence-corrected chi connectivity index (χ3v) is 6.48. The van der Waals surface area contributed by atoms with Gasteiger partial charge in [-0.1, -0.05) is 0 Å². The second-order valence-corrected chi connectivity index (χ2v) is 9.46. The van der Waals surface area contributed by atoms with Crippen molar-refractivity contribution in [3.05, 3.63) is 30.1 Å². The third kappa shape index (κ3) is 4.09. The molecule has 1 aromatic heterocycles. The molecule has 1 aliphatic heterocycles. The first-order valence-electron chi connectivity index (χ1n) is 10.7. The normalized spacial score (nSPS) is 23.7. The molecule has 1 aromatic carbocycles. The van der Waals surface area contributed by atoms with Crippen LogP contribution < -0.4 is 0 Å². The summed E-state index contributed by atoms with van der Waals surface area (Å²) < 4.78 is 12.9. The summed E-state index contributed by atoms with van der Waals surface area (Å²) in [6, 6.07) is 7.69. The molecule has 2 aliphatic rings. The second kappa shape index (κ2) is 7.88. The van der Waals surface area contributed by atoms with Gasteiger partial charge in [-0.25, -0.2) is 9.78 Å². The number of imidazole rings is 1. The number of nitrogens with zero attached hydrogens (tertiary/aromatic N) is 4. The average molecular weight is 425 g/mol. The number of amides is 1. The number of methoxy groups -OCH3 is 1. The smallest absolute Gasteiger partial charge is 0.410 e. The van der Waals surface area contributed by atoms with Crippen LogP contribution in [-0.4, -0.2) is 52.3 Å². The van der Waals surface area contributed by atoms with E-state index in [1.807, 2.05) is 18.5 Å². The van der Waals surface area contributed by atoms with E-state index >= 15 is 0 Å². The summed E-state index contributed by atoms with van der Waals surface area (Å²) in [4.78, 5) is 30.8. The Hall–Kier alpha value is -3.08. The van der Waals surface area contributed by atoms with Crippen LogP contribution in [0.25, 0.3) is 11.0 Å². The topological polar surface area (TPSA) is 97.5 Å². The van der Waals surface area contributed by atoms with Gasteiger partial charge >= 0.3 is 12.1 Å². The highest BCUT2D eigenvalue weighted by atomic mass is 16.6. The average Bonchev–Trinajstić information content (AvgIpc) is 3.26. The first-order chi connectivity index (χ1) is 14.7. The van der Waals surface area contributed by atoms with Gasteiger partial charge < -0.3 is 18.9 Å². The number of ether oxygens (including phenoxy) is 2. The molecule has 164 valence electrons. The van der Waals surface area contributed by atoms with E-state index in [0.717, 1.165) is 43.3 Å². The van der Waals surface area contributed by atoms with Crippen molar-refractivity contribution in [1.82, 2.24) is 14.5 Å². The predicted molar refractivity (Wildman–Crippen MR) is 113 cm³/mol. The van der Waals surface area contributed by atoms with Crippen LogP contribution in [0, 0.1) is 22.7 Å². The van der Waals surface area contributed by atoms with Crippen molar-refractivity contribution >= 4 is 23.1 Å². The number of benzene rings is 1. The molecule has 1 aliphatic carbocycles. The number of rotatable bonds is 5. The van der Waals surface area contributed by atoms with Crippen molar-refractivity contribution < 1.29 is 19.1 Å². The molecule has 2 aromatic rings. The van der Waals surface area contributed by atoms with Crippen molar-refractivity contribution in [2.75, 3.05) is 20.2 Å². The summed E-state index contributed by atoms with van der Waals surface area (Å²) in [5.41, 5.74) is 1.13. The van der Waals surface area contributed by atoms with Crippen LogP contribution in [0.2, 0.25) is 0 Å². The highest BCUT2D eigenvalue weighted by Gasteiger charge is 2.49. The fraction of sp³-hybridized carbons (Fsp3) is 0.565. The number of carbonyl (C=O) groups is 2. The minimum Gasteiger partial charge on any atom is -0.469 e. The molecular weight excluding hydrogens is 396 g/mol. The van der Waals surface area contributed by atoms with Gasteiger partial charge in [-0.15, -0.1) is 0 Å². The van der Waals surface area contributed by atoms with Crippen molar-refractivity contribution in [3.63, 3.8) is 0 Å². The van der Waals surface area contributed by atoms with Crippen molar-refractivity contribution in [1.29, 1.82) is 5.26 Å². The summed E-state index contributed by atoms with van der Waals surface area (Å²) in [6.45, 7) is 5.08. The Morgan fingerprint density at radius 1 is 1.45 bits per heavy atom. The lowest BCUT2D eigenvalue weighted by atomic mass is 9.77. The lowest BCUT2D eigenvalue weighted by Gasteiger charge is -2.36. The van der Waals surface area contributed by atoms with Crippen molar-refractivity contribution in [3.8, 4) is 6.07 Å². The van der Waals surface area contributed by atoms with Gasteiger partial charge in [0.25, 0.3) is 0 Å². The largest absolute Gasteiger partial charge is 0.469 e. The summed E-state index contributed by atoms with van der Waals surface area (Å²) >= 11 is 0. The fourth-order valence-electron chi connectivity index (χ4n) is 5.02. The molecule has 1 spiro atoms. The van der Waals surface area contributed by atoms with E-state index in [1.54, 1.807) is 24.8 Å². The van der Waals surface area contributed by atoms with Crippen molar-refractivity contribution in [2.45, 2.75) is 51.7 Å². The summed E-state index contributed by atoms with van der Waals surface area (Å²) in [5.74, 6) is -0.00949. The fourth-order valence-corrected chi connectivity index (χ4v) is 5.02. The lowest BCUT2D eigenvalue weighted by molar-refractivity contribution is -0.151. The first-order valence-corrected chi connectivity index (χ1v) is 10.7. The molecule has 2 heterocycles. The van der Waals surface area contributed by atoms with Crippen LogP contribution in [0.5, 0.6) is 0 Å². The van der Waals surface area contributed by atoms with Gasteiger partial charge in [0.1, 0.15) is 5.60 Å². The number of hydrogen-bond donors (Lipinski definition) is 0. The second-order valence-electron chi connectivity index (χ2n) is 9.46. The molecule has 8 nitrogen and oxygen atoms in total. The predicted octanol–water partition coefficient (Wildman–Crippen LogP) is 3.49. The molecule has 8 heteroatoms. The SMILES string of the molecule is COC(=O)C(C)(C)CN1CC2(CCCC(Cn3cnc4ccc(C#N)cc43)C2)OC1=O. The van der Waals surface area contributed by atoms with Crippen molar-refractivity contribution in [2.24, 2.45) is 11.3 Å². The standard InChI is InChI=1S/C23H28N4O4/c1-22(2,20(28)30-3)13-27-14-23(31-21(27)29)8-4-5-17(10-23)12-26-15-25-18-7-6-16(11-24)9-19(18)26/h6-7,9,15,17H,4-5,8,10,12-14H2,1-3H3. The van der Waals surface area contributed by atoms with Gasteiger partial charge in [-0.2, -0.15) is 5.26 Å². The zero-order valence-electron chi connectivity index (χ0n) is 18.3. The molecule has 1 saturated heterocycles. The first kappa shape index (κ1) is 21.2. The van der Waals surface area contributed by atoms with E-state index < -0.39 is 11.0 Å². The van der Waals surface area contributed by atoms with Crippen LogP contribution in [0.4, 0.5) is 4.79 Å². The van der Waals surface area contributed by atoms with Crippen LogP contribution >= 0.6 is 0 Å². The zero-order valence-corrected chi connectivity index (χ0v) is 18.3. The quantitative estimate of drug-likeness (QED) is 0.682. The maximum atomic E-state index is 12.6. The molecule has 0 radical (unpaired) electrons. The van der Waals surface area contributed by atoms with Crippen LogP contribution in [0.3, 0.4) is 0 Å². The number of aromatic nitrogens is 2. The summed E-state index contributed by atoms with van der Waals surface area (Å²) in [7, 11) is 1.36. The van der Waals surface area contributed by atoms with Crippen LogP contribution in [0.15, 0.2) is 24.5 Å². The van der Waals surface area contributed by atoms with Gasteiger partial charge in [0, 0.05) is 13.1 Å². The zero-order chi connectivity index (χ0) is 22.2. The molecule has 1 amide bonds. The Bertz CT molecular complexity index is 1050. The highest BCUT2D eigenvalue weighted by Crippen LogP contribution is 2.41. The van der Waals surface area contributed by atoms with Gasteiger partial charge in [0.05, 0.1) is 48.1 Å². The minimum absolute atomic E-state index is 0.272. The van der Waals surface area contributed by atoms with E-state index in [9.17, 15) is 14.9 Å². The van der Waals surface area contributed by atoms with E-state index in [1.165, 1.54) is 7.11 Å². The maximum absolute atomic E-state index is 12.6. The number of fused-ring (bicyclic) bond motifs is 1. The van der Waals surface area contributed by atoms with Crippen LogP contribution in [0.1, 0.15) is 45.1 Å². The Morgan fingerprint density at radius 2 is 2.26 bits per heavy atom. The molecule has 1 saturated carbocycles. The molecule has 0 N–H and O–H groups in total. The monoisotopic (exact) mass is 424 g/mol. The Labute approximate surface area is 181 Å². The van der Waals surface area contributed by atoms with Gasteiger partial charge in [-0.3, -0.25) is 4.79 Å². The number of esters is 1. The number of hydrogen-bond acceptors (Lipinski definition) is 6. The molecule has 2 fully saturated rings. The Balaban J connectivity index is 1.47. The minimum atomic E-state index is -0.790. The molecule has 31 heavy (non-hydrogen) atoms. The number of carbonyl (C=O) groups excluding carboxylic acids is 2. The van der Waals surface area contributed by atoms with E-state index in [4.69, 9.17) is 9.47 Å². The van der Waals surface area contributed by atoms with Gasteiger partial charge in [0.2, 0.25) is 0 Å². The molecule has 0 bridgehead atoms. The van der Waals surface area contributed by atoms with E-state index in [-0.39, 0.29) is 18.6 Å².